The molecule has 0 spiro atoms. The van der Waals surface area contributed by atoms with E-state index in [1.807, 2.05) is 28.8 Å². The van der Waals surface area contributed by atoms with Crippen LogP contribution < -0.4 is 17.0 Å². The Morgan fingerprint density at radius 3 is 2.57 bits per heavy atom. The topological polar surface area (TPSA) is 122 Å². The first kappa shape index (κ1) is 19.6. The number of nitrogens with one attached hydrogen (secondary N) is 2. The van der Waals surface area contributed by atoms with Gasteiger partial charge in [0.25, 0.3) is 5.56 Å². The first-order valence-corrected chi connectivity index (χ1v) is 10.1. The summed E-state index contributed by atoms with van der Waals surface area (Å²) >= 11 is 0. The third-order valence-corrected chi connectivity index (χ3v) is 5.13. The van der Waals surface area contributed by atoms with Crippen molar-refractivity contribution in [3.63, 3.8) is 0 Å². The van der Waals surface area contributed by atoms with Gasteiger partial charge in [0.05, 0.1) is 0 Å². The van der Waals surface area contributed by atoms with Crippen molar-refractivity contribution < 1.29 is 0 Å². The monoisotopic (exact) mass is 404 g/mol. The fraction of sp³-hybridized carbons (Fsp3) is 0.273. The van der Waals surface area contributed by atoms with Crippen molar-refractivity contribution >= 4 is 16.9 Å². The highest BCUT2D eigenvalue weighted by atomic mass is 16.2. The van der Waals surface area contributed by atoms with Crippen molar-refractivity contribution in [1.82, 2.24) is 24.5 Å². The molecule has 0 aliphatic rings. The predicted molar refractivity (Wildman–Crippen MR) is 116 cm³/mol. The first-order valence-electron chi connectivity index (χ1n) is 10.1. The number of imidazole rings is 1. The summed E-state index contributed by atoms with van der Waals surface area (Å²) in [4.78, 5) is 37.7. The van der Waals surface area contributed by atoms with E-state index in [2.05, 4.69) is 32.1 Å². The minimum atomic E-state index is -0.523. The maximum Gasteiger partial charge on any atom is 0.327 e. The Bertz CT molecular complexity index is 1240. The molecule has 3 heterocycles. The molecule has 4 aromatic rings. The molecule has 8 heteroatoms. The molecule has 0 saturated carbocycles. The van der Waals surface area contributed by atoms with Gasteiger partial charge in [0, 0.05) is 31.0 Å². The number of H-pyrrole nitrogens is 2. The van der Waals surface area contributed by atoms with Gasteiger partial charge in [0.15, 0.2) is 5.52 Å². The summed E-state index contributed by atoms with van der Waals surface area (Å²) in [5, 5.41) is 0. The highest BCUT2D eigenvalue weighted by molar-refractivity contribution is 5.70. The summed E-state index contributed by atoms with van der Waals surface area (Å²) in [6, 6.07) is 11.8. The van der Waals surface area contributed by atoms with Gasteiger partial charge in [-0.15, -0.1) is 0 Å². The number of benzene rings is 1. The van der Waals surface area contributed by atoms with Crippen LogP contribution in [-0.2, 0) is 19.4 Å². The number of unbranched alkanes of at least 4 members (excludes halogenated alkanes) is 2. The summed E-state index contributed by atoms with van der Waals surface area (Å²) in [6.45, 7) is 0.674. The van der Waals surface area contributed by atoms with Gasteiger partial charge in [0.2, 0.25) is 0 Å². The molecule has 0 aliphatic heterocycles. The van der Waals surface area contributed by atoms with Crippen LogP contribution in [0.1, 0.15) is 36.2 Å². The van der Waals surface area contributed by atoms with E-state index >= 15 is 0 Å². The molecule has 0 radical (unpaired) electrons. The lowest BCUT2D eigenvalue weighted by molar-refractivity contribution is 0.579. The Morgan fingerprint density at radius 2 is 1.80 bits per heavy atom. The summed E-state index contributed by atoms with van der Waals surface area (Å²) in [6.07, 6.45) is 8.00. The SMILES string of the molecule is Nc1ccc(CCCCCn2c(Cc3cccnc3)nc3c(=O)[nH]c(=O)[nH]c32)cc1. The van der Waals surface area contributed by atoms with E-state index in [0.717, 1.165) is 42.8 Å². The molecule has 0 fully saturated rings. The molecule has 0 unspecified atom stereocenters. The minimum absolute atomic E-state index is 0.260. The second kappa shape index (κ2) is 8.77. The first-order chi connectivity index (χ1) is 14.6. The Morgan fingerprint density at radius 1 is 0.967 bits per heavy atom. The molecule has 0 saturated heterocycles. The molecule has 0 amide bonds. The Hall–Kier alpha value is -3.68. The van der Waals surface area contributed by atoms with Crippen molar-refractivity contribution in [3.8, 4) is 0 Å². The number of aromatic nitrogens is 5. The van der Waals surface area contributed by atoms with Crippen LogP contribution in [0, 0.1) is 0 Å². The molecular weight excluding hydrogens is 380 g/mol. The zero-order valence-corrected chi connectivity index (χ0v) is 16.6. The van der Waals surface area contributed by atoms with Gasteiger partial charge in [-0.2, -0.15) is 0 Å². The number of fused-ring (bicyclic) bond motifs is 1. The zero-order chi connectivity index (χ0) is 20.9. The fourth-order valence-electron chi connectivity index (χ4n) is 3.61. The van der Waals surface area contributed by atoms with E-state index in [9.17, 15) is 9.59 Å². The van der Waals surface area contributed by atoms with Crippen molar-refractivity contribution in [1.29, 1.82) is 0 Å². The van der Waals surface area contributed by atoms with Gasteiger partial charge in [-0.1, -0.05) is 24.6 Å². The molecule has 4 rings (SSSR count). The van der Waals surface area contributed by atoms with Gasteiger partial charge in [-0.3, -0.25) is 19.7 Å². The van der Waals surface area contributed by atoms with Crippen LogP contribution >= 0.6 is 0 Å². The largest absolute Gasteiger partial charge is 0.399 e. The number of hydrogen-bond acceptors (Lipinski definition) is 5. The van der Waals surface area contributed by atoms with Gasteiger partial charge >= 0.3 is 5.69 Å². The number of pyridine rings is 1. The van der Waals surface area contributed by atoms with E-state index < -0.39 is 11.2 Å². The average molecular weight is 404 g/mol. The molecule has 1 aromatic carbocycles. The number of aromatic amines is 2. The lowest BCUT2D eigenvalue weighted by atomic mass is 10.1. The second-order valence-corrected chi connectivity index (χ2v) is 7.38. The number of hydrogen-bond donors (Lipinski definition) is 3. The van der Waals surface area contributed by atoms with Crippen LogP contribution in [0.4, 0.5) is 5.69 Å². The van der Waals surface area contributed by atoms with Crippen LogP contribution in [0.5, 0.6) is 0 Å². The highest BCUT2D eigenvalue weighted by Crippen LogP contribution is 2.16. The van der Waals surface area contributed by atoms with E-state index in [1.165, 1.54) is 5.56 Å². The molecule has 30 heavy (non-hydrogen) atoms. The fourth-order valence-corrected chi connectivity index (χ4v) is 3.61. The number of aryl methyl sites for hydroxylation is 2. The molecule has 3 aromatic heterocycles. The van der Waals surface area contributed by atoms with Crippen molar-refractivity contribution in [2.75, 3.05) is 5.73 Å². The number of nitrogen functional groups attached to an aromatic ring is 1. The van der Waals surface area contributed by atoms with Crippen molar-refractivity contribution in [3.05, 3.63) is 86.6 Å². The van der Waals surface area contributed by atoms with E-state index in [1.54, 1.807) is 12.4 Å². The molecule has 8 nitrogen and oxygen atoms in total. The van der Waals surface area contributed by atoms with E-state index in [-0.39, 0.29) is 5.52 Å². The number of nitrogens with zero attached hydrogens (tertiary/aromatic N) is 3. The highest BCUT2D eigenvalue weighted by Gasteiger charge is 2.15. The second-order valence-electron chi connectivity index (χ2n) is 7.38. The normalized spacial score (nSPS) is 11.2. The zero-order valence-electron chi connectivity index (χ0n) is 16.6. The maximum absolute atomic E-state index is 12.2. The average Bonchev–Trinajstić information content (AvgIpc) is 3.07. The number of nitrogens with two attached hydrogens (primary N) is 1. The Labute approximate surface area is 172 Å². The number of anilines is 1. The van der Waals surface area contributed by atoms with Gasteiger partial charge in [-0.25, -0.2) is 9.78 Å². The molecular formula is C22H24N6O2. The molecule has 154 valence electrons. The van der Waals surface area contributed by atoms with Crippen molar-refractivity contribution in [2.24, 2.45) is 0 Å². The van der Waals surface area contributed by atoms with Crippen LogP contribution in [0.25, 0.3) is 11.2 Å². The van der Waals surface area contributed by atoms with Crippen LogP contribution in [0.15, 0.2) is 58.4 Å². The number of rotatable bonds is 8. The van der Waals surface area contributed by atoms with Crippen LogP contribution in [0.3, 0.4) is 0 Å². The van der Waals surface area contributed by atoms with E-state index in [4.69, 9.17) is 5.73 Å². The molecule has 0 atom stereocenters. The Kier molecular flexibility index (Phi) is 5.74. The van der Waals surface area contributed by atoms with E-state index in [0.29, 0.717) is 18.6 Å². The summed E-state index contributed by atoms with van der Waals surface area (Å²) in [5.74, 6) is 0.740. The smallest absolute Gasteiger partial charge is 0.327 e. The standard InChI is InChI=1S/C22H24N6O2/c23-17-9-7-15(8-10-17)5-2-1-3-12-28-18(13-16-6-4-11-24-14-16)25-19-20(28)26-22(30)27-21(19)29/h4,6-11,14H,1-3,5,12-13,23H2,(H2,26,27,29,30). The third kappa shape index (κ3) is 4.48. The molecule has 4 N–H and O–H groups in total. The summed E-state index contributed by atoms with van der Waals surface area (Å²) in [5.41, 5.74) is 8.51. The van der Waals surface area contributed by atoms with Gasteiger partial charge < -0.3 is 10.3 Å². The van der Waals surface area contributed by atoms with Crippen molar-refractivity contribution in [2.45, 2.75) is 38.6 Å². The molecule has 0 aliphatic carbocycles. The summed E-state index contributed by atoms with van der Waals surface area (Å²) < 4.78 is 1.95. The minimum Gasteiger partial charge on any atom is -0.399 e. The predicted octanol–water partition coefficient (Wildman–Crippen LogP) is 2.39. The van der Waals surface area contributed by atoms with Gasteiger partial charge in [-0.05, 0) is 48.6 Å². The van der Waals surface area contributed by atoms with Crippen LogP contribution in [0.2, 0.25) is 0 Å². The maximum atomic E-state index is 12.2. The summed E-state index contributed by atoms with van der Waals surface area (Å²) in [7, 11) is 0. The lowest BCUT2D eigenvalue weighted by Gasteiger charge is -2.09. The Balaban J connectivity index is 1.49. The lowest BCUT2D eigenvalue weighted by Crippen LogP contribution is -2.22. The molecule has 0 bridgehead atoms. The third-order valence-electron chi connectivity index (χ3n) is 5.13. The van der Waals surface area contributed by atoms with Crippen LogP contribution in [-0.4, -0.2) is 24.5 Å². The van der Waals surface area contributed by atoms with Gasteiger partial charge in [0.1, 0.15) is 11.5 Å². The quantitative estimate of drug-likeness (QED) is 0.307.